The molecule has 0 radical (unpaired) electrons. The van der Waals surface area contributed by atoms with Gasteiger partial charge in [0.2, 0.25) is 0 Å². The van der Waals surface area contributed by atoms with Crippen LogP contribution in [-0.4, -0.2) is 10.8 Å². The number of nitriles is 1. The van der Waals surface area contributed by atoms with E-state index in [1.807, 2.05) is 31.2 Å². The van der Waals surface area contributed by atoms with E-state index in [1.165, 1.54) is 18.2 Å². The number of nitrogens with one attached hydrogen (secondary N) is 1. The zero-order chi connectivity index (χ0) is 23.8. The summed E-state index contributed by atoms with van der Waals surface area (Å²) in [5.74, 6) is -0.0502. The van der Waals surface area contributed by atoms with E-state index < -0.39 is 10.8 Å². The molecule has 1 N–H and O–H groups in total. The van der Waals surface area contributed by atoms with Gasteiger partial charge in [0, 0.05) is 27.9 Å². The minimum Gasteiger partial charge on any atom is -0.488 e. The monoisotopic (exact) mass is 505 g/mol. The van der Waals surface area contributed by atoms with Gasteiger partial charge >= 0.3 is 0 Å². The van der Waals surface area contributed by atoms with Crippen LogP contribution in [0, 0.1) is 21.4 Å². The molecule has 0 unspecified atom stereocenters. The van der Waals surface area contributed by atoms with E-state index >= 15 is 0 Å². The third kappa shape index (κ3) is 6.28. The Kier molecular flexibility index (Phi) is 7.95. The van der Waals surface area contributed by atoms with Crippen LogP contribution >= 0.6 is 15.9 Å². The Hall–Kier alpha value is -3.96. The number of aryl methyl sites for hydroxylation is 1. The number of hydrogen-bond donors (Lipinski definition) is 1. The summed E-state index contributed by atoms with van der Waals surface area (Å²) in [7, 11) is 0. The van der Waals surface area contributed by atoms with Gasteiger partial charge in [-0.15, -0.1) is 0 Å². The van der Waals surface area contributed by atoms with Crippen molar-refractivity contribution in [3.63, 3.8) is 0 Å². The highest BCUT2D eigenvalue weighted by molar-refractivity contribution is 9.10. The van der Waals surface area contributed by atoms with Gasteiger partial charge in [-0.05, 0) is 60.0 Å². The zero-order valence-electron chi connectivity index (χ0n) is 17.7. The molecule has 0 heterocycles. The van der Waals surface area contributed by atoms with E-state index in [9.17, 15) is 20.2 Å². The van der Waals surface area contributed by atoms with E-state index in [1.54, 1.807) is 36.4 Å². The molecule has 7 nitrogen and oxygen atoms in total. The van der Waals surface area contributed by atoms with Crippen molar-refractivity contribution in [1.82, 2.24) is 0 Å². The van der Waals surface area contributed by atoms with Gasteiger partial charge in [-0.2, -0.15) is 5.26 Å². The number of para-hydroxylation sites is 1. The first-order valence-electron chi connectivity index (χ1n) is 10.1. The lowest BCUT2D eigenvalue weighted by Crippen LogP contribution is -2.14. The molecule has 8 heteroatoms. The molecule has 0 aliphatic rings. The molecule has 166 valence electrons. The van der Waals surface area contributed by atoms with Gasteiger partial charge in [0.1, 0.15) is 24.0 Å². The van der Waals surface area contributed by atoms with Crippen molar-refractivity contribution in [3.8, 4) is 11.8 Å². The number of halogens is 1. The molecule has 0 saturated heterocycles. The molecule has 0 atom stereocenters. The lowest BCUT2D eigenvalue weighted by atomic mass is 10.1. The number of benzene rings is 3. The van der Waals surface area contributed by atoms with E-state index in [-0.39, 0.29) is 17.9 Å². The number of hydrogen-bond acceptors (Lipinski definition) is 5. The van der Waals surface area contributed by atoms with E-state index in [0.717, 1.165) is 22.0 Å². The molecular weight excluding hydrogens is 486 g/mol. The van der Waals surface area contributed by atoms with Crippen LogP contribution in [0.2, 0.25) is 0 Å². The molecule has 3 aromatic carbocycles. The average molecular weight is 506 g/mol. The van der Waals surface area contributed by atoms with Gasteiger partial charge in [-0.3, -0.25) is 14.9 Å². The van der Waals surface area contributed by atoms with Gasteiger partial charge in [0.25, 0.3) is 11.6 Å². The number of non-ortho nitro benzene ring substituents is 1. The Balaban J connectivity index is 1.82. The second-order valence-corrected chi connectivity index (χ2v) is 7.94. The highest BCUT2D eigenvalue weighted by Gasteiger charge is 2.13. The van der Waals surface area contributed by atoms with Crippen LogP contribution in [0.1, 0.15) is 23.6 Å². The van der Waals surface area contributed by atoms with Crippen LogP contribution in [0.15, 0.2) is 76.8 Å². The molecule has 0 aliphatic carbocycles. The van der Waals surface area contributed by atoms with Gasteiger partial charge in [-0.1, -0.05) is 41.1 Å². The van der Waals surface area contributed by atoms with Crippen molar-refractivity contribution >= 4 is 39.3 Å². The summed E-state index contributed by atoms with van der Waals surface area (Å²) in [5.41, 5.74) is 2.85. The Bertz CT molecular complexity index is 1250. The van der Waals surface area contributed by atoms with Crippen LogP contribution in [0.25, 0.3) is 6.08 Å². The van der Waals surface area contributed by atoms with E-state index in [0.29, 0.717) is 17.0 Å². The molecule has 0 spiro atoms. The molecule has 0 fully saturated rings. The second kappa shape index (κ2) is 11.1. The van der Waals surface area contributed by atoms with Gasteiger partial charge < -0.3 is 10.1 Å². The summed E-state index contributed by atoms with van der Waals surface area (Å²) in [6, 6.07) is 20.7. The maximum Gasteiger partial charge on any atom is 0.269 e. The first-order valence-corrected chi connectivity index (χ1v) is 10.9. The number of anilines is 1. The first-order chi connectivity index (χ1) is 15.9. The number of nitro groups is 1. The molecule has 3 rings (SSSR count). The fraction of sp³-hybridized carbons (Fsp3) is 0.120. The van der Waals surface area contributed by atoms with Crippen LogP contribution in [0.4, 0.5) is 11.4 Å². The molecule has 0 aliphatic heterocycles. The standard InChI is InChI=1S/C25H20BrN3O4/c1-2-18-5-3-4-6-23(18)28-25(30)20(15-27)13-19-14-21(26)9-12-24(19)33-16-17-7-10-22(11-8-17)29(31)32/h3-14H,2,16H2,1H3,(H,28,30)/b20-13+. The highest BCUT2D eigenvalue weighted by atomic mass is 79.9. The van der Waals surface area contributed by atoms with Crippen molar-refractivity contribution in [2.75, 3.05) is 5.32 Å². The molecular formula is C25H20BrN3O4. The van der Waals surface area contributed by atoms with Crippen LogP contribution in [0.5, 0.6) is 5.75 Å². The number of rotatable bonds is 8. The van der Waals surface area contributed by atoms with Gasteiger partial charge in [0.05, 0.1) is 4.92 Å². The fourth-order valence-electron chi connectivity index (χ4n) is 3.08. The van der Waals surface area contributed by atoms with Crippen molar-refractivity contribution in [1.29, 1.82) is 5.26 Å². The van der Waals surface area contributed by atoms with Crippen molar-refractivity contribution < 1.29 is 14.5 Å². The highest BCUT2D eigenvalue weighted by Crippen LogP contribution is 2.27. The second-order valence-electron chi connectivity index (χ2n) is 7.03. The van der Waals surface area contributed by atoms with E-state index in [2.05, 4.69) is 21.2 Å². The molecule has 1 amide bonds. The summed E-state index contributed by atoms with van der Waals surface area (Å²) in [6.07, 6.45) is 2.22. The predicted molar refractivity (Wildman–Crippen MR) is 130 cm³/mol. The number of amides is 1. The SMILES string of the molecule is CCc1ccccc1NC(=O)/C(C#N)=C/c1cc(Br)ccc1OCc1ccc([N+](=O)[O-])cc1. The summed E-state index contributed by atoms with van der Waals surface area (Å²) in [6.45, 7) is 2.15. The molecule has 33 heavy (non-hydrogen) atoms. The molecule has 0 saturated carbocycles. The lowest BCUT2D eigenvalue weighted by molar-refractivity contribution is -0.384. The molecule has 0 aromatic heterocycles. The summed E-state index contributed by atoms with van der Waals surface area (Å²) < 4.78 is 6.64. The average Bonchev–Trinajstić information content (AvgIpc) is 2.82. The maximum absolute atomic E-state index is 12.8. The molecule has 3 aromatic rings. The van der Waals surface area contributed by atoms with Crippen LogP contribution in [-0.2, 0) is 17.8 Å². The molecule has 0 bridgehead atoms. The van der Waals surface area contributed by atoms with Crippen LogP contribution in [0.3, 0.4) is 0 Å². The maximum atomic E-state index is 12.8. The Labute approximate surface area is 199 Å². The Morgan fingerprint density at radius 1 is 1.18 bits per heavy atom. The number of ether oxygens (including phenoxy) is 1. The minimum absolute atomic E-state index is 0.000310. The predicted octanol–water partition coefficient (Wildman–Crippen LogP) is 6.04. The van der Waals surface area contributed by atoms with Crippen molar-refractivity contribution in [2.24, 2.45) is 0 Å². The number of carbonyl (C=O) groups excluding carboxylic acids is 1. The summed E-state index contributed by atoms with van der Waals surface area (Å²) >= 11 is 3.40. The minimum atomic E-state index is -0.514. The zero-order valence-corrected chi connectivity index (χ0v) is 19.3. The third-order valence-corrected chi connectivity index (χ3v) is 5.32. The number of nitrogens with zero attached hydrogens (tertiary/aromatic N) is 2. The van der Waals surface area contributed by atoms with Crippen molar-refractivity contribution in [2.45, 2.75) is 20.0 Å². The Morgan fingerprint density at radius 3 is 2.58 bits per heavy atom. The first kappa shape index (κ1) is 23.7. The normalized spacial score (nSPS) is 10.9. The van der Waals surface area contributed by atoms with E-state index in [4.69, 9.17) is 4.74 Å². The van der Waals surface area contributed by atoms with Gasteiger partial charge in [0.15, 0.2) is 0 Å². The van der Waals surface area contributed by atoms with Crippen LogP contribution < -0.4 is 10.1 Å². The summed E-state index contributed by atoms with van der Waals surface area (Å²) in [5, 5.41) is 23.2. The summed E-state index contributed by atoms with van der Waals surface area (Å²) in [4.78, 5) is 23.1. The largest absolute Gasteiger partial charge is 0.488 e. The third-order valence-electron chi connectivity index (χ3n) is 4.82. The smallest absolute Gasteiger partial charge is 0.269 e. The number of nitro benzene ring substituents is 1. The number of carbonyl (C=O) groups is 1. The van der Waals surface area contributed by atoms with Crippen molar-refractivity contribution in [3.05, 3.63) is 104 Å². The van der Waals surface area contributed by atoms with Gasteiger partial charge in [-0.25, -0.2) is 0 Å². The topological polar surface area (TPSA) is 105 Å². The Morgan fingerprint density at radius 2 is 1.91 bits per heavy atom. The fourth-order valence-corrected chi connectivity index (χ4v) is 3.46. The quantitative estimate of drug-likeness (QED) is 0.174. The lowest BCUT2D eigenvalue weighted by Gasteiger charge is -2.11.